The van der Waals surface area contributed by atoms with Crippen molar-refractivity contribution in [3.8, 4) is 0 Å². The van der Waals surface area contributed by atoms with Crippen LogP contribution in [0, 0.1) is 0 Å². The van der Waals surface area contributed by atoms with Gasteiger partial charge in [0.05, 0.1) is 0 Å². The van der Waals surface area contributed by atoms with Crippen LogP contribution in [0.1, 0.15) is 30.4 Å². The van der Waals surface area contributed by atoms with Crippen molar-refractivity contribution in [1.29, 1.82) is 0 Å². The lowest BCUT2D eigenvalue weighted by Crippen LogP contribution is -2.38. The summed E-state index contributed by atoms with van der Waals surface area (Å²) in [6.07, 6.45) is 8.32. The van der Waals surface area contributed by atoms with E-state index in [1.807, 2.05) is 0 Å². The Morgan fingerprint density at radius 2 is 2.19 bits per heavy atom. The highest BCUT2D eigenvalue weighted by Gasteiger charge is 2.15. The molecule has 2 aliphatic rings. The number of nitrogens with one attached hydrogen (secondary N) is 2. The normalized spacial score (nSPS) is 24.1. The van der Waals surface area contributed by atoms with Crippen LogP contribution in [0.2, 0.25) is 0 Å². The van der Waals surface area contributed by atoms with Crippen molar-refractivity contribution in [2.75, 3.05) is 18.4 Å². The molecule has 16 heavy (non-hydrogen) atoms. The zero-order valence-corrected chi connectivity index (χ0v) is 9.63. The molecule has 1 aliphatic heterocycles. The number of piperidine rings is 1. The number of aryl methyl sites for hydroxylation is 2. The molecule has 1 aromatic heterocycles. The van der Waals surface area contributed by atoms with Crippen LogP contribution >= 0.6 is 0 Å². The SMILES string of the molecule is c1nc(NC2CCCNC2)cc2c1CCC2. The lowest BCUT2D eigenvalue weighted by molar-refractivity contribution is 0.479. The average molecular weight is 217 g/mol. The predicted octanol–water partition coefficient (Wildman–Crippen LogP) is 1.73. The molecule has 0 radical (unpaired) electrons. The lowest BCUT2D eigenvalue weighted by atomic mass is 10.1. The monoisotopic (exact) mass is 217 g/mol. The molecule has 1 aromatic rings. The van der Waals surface area contributed by atoms with Crippen molar-refractivity contribution >= 4 is 5.82 Å². The van der Waals surface area contributed by atoms with Gasteiger partial charge in [0.2, 0.25) is 0 Å². The van der Waals surface area contributed by atoms with Crippen LogP contribution in [0.3, 0.4) is 0 Å². The molecule has 1 fully saturated rings. The van der Waals surface area contributed by atoms with Crippen LogP contribution in [0.5, 0.6) is 0 Å². The Morgan fingerprint density at radius 1 is 1.25 bits per heavy atom. The number of fused-ring (bicyclic) bond motifs is 1. The highest BCUT2D eigenvalue weighted by Crippen LogP contribution is 2.23. The Hall–Kier alpha value is -1.09. The van der Waals surface area contributed by atoms with E-state index in [0.29, 0.717) is 6.04 Å². The summed E-state index contributed by atoms with van der Waals surface area (Å²) < 4.78 is 0. The van der Waals surface area contributed by atoms with Crippen LogP contribution in [0.4, 0.5) is 5.82 Å². The maximum Gasteiger partial charge on any atom is 0.126 e. The van der Waals surface area contributed by atoms with E-state index in [1.165, 1.54) is 43.2 Å². The molecule has 1 unspecified atom stereocenters. The summed E-state index contributed by atoms with van der Waals surface area (Å²) in [5.41, 5.74) is 2.95. The molecule has 0 spiro atoms. The van der Waals surface area contributed by atoms with Gasteiger partial charge in [-0.1, -0.05) is 0 Å². The van der Waals surface area contributed by atoms with Gasteiger partial charge >= 0.3 is 0 Å². The van der Waals surface area contributed by atoms with Gasteiger partial charge in [-0.15, -0.1) is 0 Å². The maximum absolute atomic E-state index is 4.51. The second-order valence-corrected chi connectivity index (χ2v) is 4.88. The fraction of sp³-hybridized carbons (Fsp3) is 0.615. The number of hydrogen-bond donors (Lipinski definition) is 2. The van der Waals surface area contributed by atoms with Crippen LogP contribution in [0.25, 0.3) is 0 Å². The third-order valence-electron chi connectivity index (χ3n) is 3.62. The Bertz CT molecular complexity index is 369. The summed E-state index contributed by atoms with van der Waals surface area (Å²) in [5.74, 6) is 1.06. The quantitative estimate of drug-likeness (QED) is 0.792. The summed E-state index contributed by atoms with van der Waals surface area (Å²) in [4.78, 5) is 4.51. The van der Waals surface area contributed by atoms with Crippen LogP contribution in [-0.2, 0) is 12.8 Å². The van der Waals surface area contributed by atoms with E-state index in [4.69, 9.17) is 0 Å². The Kier molecular flexibility index (Phi) is 2.79. The number of hydrogen-bond acceptors (Lipinski definition) is 3. The van der Waals surface area contributed by atoms with Gasteiger partial charge < -0.3 is 10.6 Å². The van der Waals surface area contributed by atoms with Gasteiger partial charge in [0.25, 0.3) is 0 Å². The number of rotatable bonds is 2. The van der Waals surface area contributed by atoms with Crippen LogP contribution in [-0.4, -0.2) is 24.1 Å². The smallest absolute Gasteiger partial charge is 0.126 e. The van der Waals surface area contributed by atoms with Crippen molar-refractivity contribution in [3.05, 3.63) is 23.4 Å². The molecular formula is C13H19N3. The molecule has 86 valence electrons. The second-order valence-electron chi connectivity index (χ2n) is 4.88. The Morgan fingerprint density at radius 3 is 3.06 bits per heavy atom. The van der Waals surface area contributed by atoms with Crippen molar-refractivity contribution in [2.24, 2.45) is 0 Å². The van der Waals surface area contributed by atoms with Crippen LogP contribution in [0.15, 0.2) is 12.3 Å². The molecule has 2 N–H and O–H groups in total. The van der Waals surface area contributed by atoms with E-state index in [-0.39, 0.29) is 0 Å². The van der Waals surface area contributed by atoms with Gasteiger partial charge in [-0.2, -0.15) is 0 Å². The Labute approximate surface area is 96.7 Å². The standard InChI is InChI=1S/C13H19N3/c1-3-10-7-13(15-8-11(10)4-1)16-12-5-2-6-14-9-12/h7-8,12,14H,1-6,9H2,(H,15,16). The molecule has 3 nitrogen and oxygen atoms in total. The number of aromatic nitrogens is 1. The Balaban J connectivity index is 1.69. The van der Waals surface area contributed by atoms with Crippen molar-refractivity contribution in [2.45, 2.75) is 38.1 Å². The fourth-order valence-corrected chi connectivity index (χ4v) is 2.72. The molecule has 1 saturated heterocycles. The summed E-state index contributed by atoms with van der Waals surface area (Å²) in [6, 6.07) is 2.80. The molecular weight excluding hydrogens is 198 g/mol. The van der Waals surface area contributed by atoms with E-state index >= 15 is 0 Å². The summed E-state index contributed by atoms with van der Waals surface area (Å²) >= 11 is 0. The molecule has 2 heterocycles. The molecule has 1 atom stereocenters. The van der Waals surface area contributed by atoms with Gasteiger partial charge in [0, 0.05) is 18.8 Å². The van der Waals surface area contributed by atoms with Gasteiger partial charge in [-0.3, -0.25) is 0 Å². The van der Waals surface area contributed by atoms with E-state index in [2.05, 4.69) is 27.9 Å². The minimum Gasteiger partial charge on any atom is -0.366 e. The van der Waals surface area contributed by atoms with Gasteiger partial charge in [0.1, 0.15) is 5.82 Å². The van der Waals surface area contributed by atoms with Gasteiger partial charge in [0.15, 0.2) is 0 Å². The number of nitrogens with zero attached hydrogens (tertiary/aromatic N) is 1. The molecule has 0 bridgehead atoms. The van der Waals surface area contributed by atoms with E-state index in [9.17, 15) is 0 Å². The van der Waals surface area contributed by atoms with Crippen molar-refractivity contribution in [3.63, 3.8) is 0 Å². The van der Waals surface area contributed by atoms with Crippen molar-refractivity contribution < 1.29 is 0 Å². The molecule has 3 heteroatoms. The predicted molar refractivity (Wildman–Crippen MR) is 65.8 cm³/mol. The average Bonchev–Trinajstić information content (AvgIpc) is 2.77. The van der Waals surface area contributed by atoms with Crippen molar-refractivity contribution in [1.82, 2.24) is 10.3 Å². The second kappa shape index (κ2) is 4.42. The van der Waals surface area contributed by atoms with E-state index < -0.39 is 0 Å². The minimum absolute atomic E-state index is 0.556. The molecule has 3 rings (SSSR count). The highest BCUT2D eigenvalue weighted by molar-refractivity contribution is 5.43. The zero-order valence-electron chi connectivity index (χ0n) is 9.63. The molecule has 0 amide bonds. The summed E-state index contributed by atoms with van der Waals surface area (Å²) in [7, 11) is 0. The maximum atomic E-state index is 4.51. The number of anilines is 1. The van der Waals surface area contributed by atoms with Crippen LogP contribution < -0.4 is 10.6 Å². The topological polar surface area (TPSA) is 37.0 Å². The minimum atomic E-state index is 0.556. The van der Waals surface area contributed by atoms with E-state index in [0.717, 1.165) is 18.9 Å². The third-order valence-corrected chi connectivity index (χ3v) is 3.62. The first kappa shape index (κ1) is 10.1. The number of pyridine rings is 1. The largest absolute Gasteiger partial charge is 0.366 e. The lowest BCUT2D eigenvalue weighted by Gasteiger charge is -2.24. The fourth-order valence-electron chi connectivity index (χ4n) is 2.72. The molecule has 0 aromatic carbocycles. The van der Waals surface area contributed by atoms with E-state index in [1.54, 1.807) is 0 Å². The first-order chi connectivity index (χ1) is 7.92. The summed E-state index contributed by atoms with van der Waals surface area (Å²) in [6.45, 7) is 2.23. The first-order valence-electron chi connectivity index (χ1n) is 6.37. The highest BCUT2D eigenvalue weighted by atomic mass is 15.1. The van der Waals surface area contributed by atoms with Gasteiger partial charge in [-0.05, 0) is 55.8 Å². The van der Waals surface area contributed by atoms with Gasteiger partial charge in [-0.25, -0.2) is 4.98 Å². The molecule has 0 saturated carbocycles. The first-order valence-corrected chi connectivity index (χ1v) is 6.37. The third kappa shape index (κ3) is 2.05. The molecule has 1 aliphatic carbocycles. The zero-order chi connectivity index (χ0) is 10.8. The summed E-state index contributed by atoms with van der Waals surface area (Å²) in [5, 5.41) is 6.95.